The lowest BCUT2D eigenvalue weighted by molar-refractivity contribution is -0.112. The Kier molecular flexibility index (Phi) is 5.27. The molecule has 0 saturated carbocycles. The zero-order valence-corrected chi connectivity index (χ0v) is 15.6. The number of fused-ring (bicyclic) bond motifs is 1. The summed E-state index contributed by atoms with van der Waals surface area (Å²) in [5, 5.41) is 5.81. The average molecular weight is 380 g/mol. The fraction of sp³-hybridized carbons (Fsp3) is 0.238. The van der Waals surface area contributed by atoms with Crippen molar-refractivity contribution >= 4 is 35.3 Å². The zero-order chi connectivity index (χ0) is 18.6. The van der Waals surface area contributed by atoms with E-state index in [2.05, 4.69) is 10.6 Å². The molecule has 1 fully saturated rings. The molecule has 27 heavy (non-hydrogen) atoms. The third-order valence-electron chi connectivity index (χ3n) is 4.56. The number of ether oxygens (including phenoxy) is 1. The summed E-state index contributed by atoms with van der Waals surface area (Å²) < 4.78 is 5.52. The van der Waals surface area contributed by atoms with Gasteiger partial charge in [0.15, 0.2) is 0 Å². The summed E-state index contributed by atoms with van der Waals surface area (Å²) in [6.45, 7) is 1.32. The molecular formula is C21H20N2O3S. The quantitative estimate of drug-likeness (QED) is 0.794. The molecule has 1 saturated heterocycles. The van der Waals surface area contributed by atoms with Gasteiger partial charge < -0.3 is 15.4 Å². The number of para-hydroxylation sites is 1. The first-order valence-corrected chi connectivity index (χ1v) is 9.80. The molecule has 0 radical (unpaired) electrons. The van der Waals surface area contributed by atoms with E-state index in [1.165, 1.54) is 11.8 Å². The van der Waals surface area contributed by atoms with Gasteiger partial charge in [-0.15, -0.1) is 0 Å². The lowest BCUT2D eigenvalue weighted by atomic mass is 10.1. The Bertz CT molecular complexity index is 887. The van der Waals surface area contributed by atoms with Gasteiger partial charge in [0.25, 0.3) is 11.8 Å². The lowest BCUT2D eigenvalue weighted by Gasteiger charge is -2.18. The summed E-state index contributed by atoms with van der Waals surface area (Å²) >= 11 is 1.45. The topological polar surface area (TPSA) is 67.4 Å². The Morgan fingerprint density at radius 1 is 1.22 bits per heavy atom. The van der Waals surface area contributed by atoms with Crippen molar-refractivity contribution in [1.29, 1.82) is 0 Å². The standard InChI is InChI=1S/C21H20N2O3S/c24-20(22-13-16-4-3-11-26-16)15-9-7-14(8-10-15)12-19-21(25)23-17-5-1-2-6-18(17)27-19/h1-2,5-10,12,16H,3-4,11,13H2,(H,22,24)(H,23,25)/b19-12+/t16-/m0/s1. The van der Waals surface area contributed by atoms with Crippen molar-refractivity contribution in [3.8, 4) is 0 Å². The van der Waals surface area contributed by atoms with Crippen molar-refractivity contribution in [2.24, 2.45) is 0 Å². The molecule has 2 aliphatic heterocycles. The molecule has 0 unspecified atom stereocenters. The van der Waals surface area contributed by atoms with Gasteiger partial charge >= 0.3 is 0 Å². The largest absolute Gasteiger partial charge is 0.376 e. The molecule has 5 nitrogen and oxygen atoms in total. The molecule has 0 aliphatic carbocycles. The van der Waals surface area contributed by atoms with E-state index in [9.17, 15) is 9.59 Å². The van der Waals surface area contributed by atoms with E-state index >= 15 is 0 Å². The highest BCUT2D eigenvalue weighted by molar-refractivity contribution is 8.04. The van der Waals surface area contributed by atoms with Gasteiger partial charge in [0.2, 0.25) is 0 Å². The highest BCUT2D eigenvalue weighted by Crippen LogP contribution is 2.38. The SMILES string of the molecule is O=C1Nc2ccccc2S/C1=C/c1ccc(C(=O)NC[C@@H]2CCCO2)cc1. The second-order valence-corrected chi connectivity index (χ2v) is 7.61. The summed E-state index contributed by atoms with van der Waals surface area (Å²) in [4.78, 5) is 26.2. The fourth-order valence-corrected chi connectivity index (χ4v) is 4.05. The minimum absolute atomic E-state index is 0.108. The maximum Gasteiger partial charge on any atom is 0.262 e. The molecule has 6 heteroatoms. The first-order valence-electron chi connectivity index (χ1n) is 8.99. The van der Waals surface area contributed by atoms with Crippen LogP contribution in [0.1, 0.15) is 28.8 Å². The molecule has 2 aromatic rings. The molecule has 0 spiro atoms. The van der Waals surface area contributed by atoms with Crippen LogP contribution in [0.3, 0.4) is 0 Å². The smallest absolute Gasteiger partial charge is 0.262 e. The highest BCUT2D eigenvalue weighted by Gasteiger charge is 2.20. The predicted molar refractivity (Wildman–Crippen MR) is 107 cm³/mol. The van der Waals surface area contributed by atoms with E-state index in [1.54, 1.807) is 12.1 Å². The van der Waals surface area contributed by atoms with Crippen LogP contribution in [0.5, 0.6) is 0 Å². The normalized spacial score (nSPS) is 20.2. The second-order valence-electron chi connectivity index (χ2n) is 6.53. The molecule has 2 aliphatic rings. The van der Waals surface area contributed by atoms with E-state index in [1.807, 2.05) is 42.5 Å². The van der Waals surface area contributed by atoms with Gasteiger partial charge in [-0.3, -0.25) is 9.59 Å². The molecular weight excluding hydrogens is 360 g/mol. The van der Waals surface area contributed by atoms with Gasteiger partial charge in [0.1, 0.15) is 0 Å². The number of hydrogen-bond donors (Lipinski definition) is 2. The number of nitrogens with one attached hydrogen (secondary N) is 2. The maximum absolute atomic E-state index is 12.3. The molecule has 0 bridgehead atoms. The van der Waals surface area contributed by atoms with Crippen LogP contribution >= 0.6 is 11.8 Å². The number of rotatable bonds is 4. The number of hydrogen-bond acceptors (Lipinski definition) is 4. The van der Waals surface area contributed by atoms with E-state index < -0.39 is 0 Å². The molecule has 2 N–H and O–H groups in total. The number of anilines is 1. The summed E-state index contributed by atoms with van der Waals surface area (Å²) in [6, 6.07) is 15.0. The number of benzene rings is 2. The molecule has 4 rings (SSSR count). The van der Waals surface area contributed by atoms with Gasteiger partial charge in [-0.2, -0.15) is 0 Å². The third kappa shape index (κ3) is 4.23. The van der Waals surface area contributed by atoms with Crippen LogP contribution in [-0.4, -0.2) is 31.1 Å². The molecule has 2 heterocycles. The molecule has 138 valence electrons. The minimum Gasteiger partial charge on any atom is -0.376 e. The summed E-state index contributed by atoms with van der Waals surface area (Å²) in [5.74, 6) is -0.222. The molecule has 2 aromatic carbocycles. The van der Waals surface area contributed by atoms with Crippen LogP contribution in [0.4, 0.5) is 5.69 Å². The average Bonchev–Trinajstić information content (AvgIpc) is 3.21. The number of amides is 2. The van der Waals surface area contributed by atoms with Crippen molar-refractivity contribution in [3.05, 3.63) is 64.6 Å². The van der Waals surface area contributed by atoms with Crippen molar-refractivity contribution in [3.63, 3.8) is 0 Å². The Morgan fingerprint density at radius 3 is 2.81 bits per heavy atom. The van der Waals surface area contributed by atoms with Crippen LogP contribution in [0.25, 0.3) is 6.08 Å². The molecule has 2 amide bonds. The molecule has 1 atom stereocenters. The first-order chi connectivity index (χ1) is 13.2. The third-order valence-corrected chi connectivity index (χ3v) is 5.66. The van der Waals surface area contributed by atoms with Gasteiger partial charge in [0, 0.05) is 23.6 Å². The van der Waals surface area contributed by atoms with Gasteiger partial charge in [-0.25, -0.2) is 0 Å². The fourth-order valence-electron chi connectivity index (χ4n) is 3.10. The lowest BCUT2D eigenvalue weighted by Crippen LogP contribution is -2.31. The van der Waals surface area contributed by atoms with Gasteiger partial charge in [0.05, 0.1) is 16.7 Å². The van der Waals surface area contributed by atoms with Crippen LogP contribution in [0, 0.1) is 0 Å². The van der Waals surface area contributed by atoms with Crippen LogP contribution in [0.15, 0.2) is 58.3 Å². The minimum atomic E-state index is -0.114. The second kappa shape index (κ2) is 7.98. The van der Waals surface area contributed by atoms with Crippen molar-refractivity contribution < 1.29 is 14.3 Å². The predicted octanol–water partition coefficient (Wildman–Crippen LogP) is 3.68. The van der Waals surface area contributed by atoms with Crippen molar-refractivity contribution in [1.82, 2.24) is 5.32 Å². The van der Waals surface area contributed by atoms with Crippen molar-refractivity contribution in [2.75, 3.05) is 18.5 Å². The number of carbonyl (C=O) groups is 2. The number of carbonyl (C=O) groups excluding carboxylic acids is 2. The van der Waals surface area contributed by atoms with Crippen LogP contribution in [0.2, 0.25) is 0 Å². The molecule has 0 aromatic heterocycles. The van der Waals surface area contributed by atoms with E-state index in [0.717, 1.165) is 35.6 Å². The van der Waals surface area contributed by atoms with Crippen LogP contribution in [-0.2, 0) is 9.53 Å². The van der Waals surface area contributed by atoms with Gasteiger partial charge in [-0.05, 0) is 48.7 Å². The summed E-state index contributed by atoms with van der Waals surface area (Å²) in [5.41, 5.74) is 2.31. The Hall–Kier alpha value is -2.57. The number of thioether (sulfide) groups is 1. The van der Waals surface area contributed by atoms with E-state index in [4.69, 9.17) is 4.74 Å². The Balaban J connectivity index is 1.42. The van der Waals surface area contributed by atoms with Gasteiger partial charge in [-0.1, -0.05) is 36.0 Å². The van der Waals surface area contributed by atoms with E-state index in [-0.39, 0.29) is 17.9 Å². The van der Waals surface area contributed by atoms with Crippen LogP contribution < -0.4 is 10.6 Å². The maximum atomic E-state index is 12.3. The Morgan fingerprint density at radius 2 is 2.04 bits per heavy atom. The Labute approximate surface area is 162 Å². The van der Waals surface area contributed by atoms with Crippen molar-refractivity contribution in [2.45, 2.75) is 23.8 Å². The monoisotopic (exact) mass is 380 g/mol. The van der Waals surface area contributed by atoms with E-state index in [0.29, 0.717) is 17.0 Å². The summed E-state index contributed by atoms with van der Waals surface area (Å²) in [7, 11) is 0. The summed E-state index contributed by atoms with van der Waals surface area (Å²) in [6.07, 6.45) is 4.02. The first kappa shape index (κ1) is 17.8. The highest BCUT2D eigenvalue weighted by atomic mass is 32.2. The zero-order valence-electron chi connectivity index (χ0n) is 14.7.